The summed E-state index contributed by atoms with van der Waals surface area (Å²) in [6.07, 6.45) is 21.0. The van der Waals surface area contributed by atoms with Crippen molar-refractivity contribution in [1.82, 2.24) is 5.32 Å². The lowest BCUT2D eigenvalue weighted by Crippen LogP contribution is -2.47. The average molecular weight is 702 g/mol. The van der Waals surface area contributed by atoms with Gasteiger partial charge in [-0.2, -0.15) is 0 Å². The number of carbonyl (C=O) groups excluding carboxylic acids is 3. The van der Waals surface area contributed by atoms with Gasteiger partial charge in [0.2, 0.25) is 0 Å². The topological polar surface area (TPSA) is 90.9 Å². The minimum atomic E-state index is -0.610. The molecule has 2 unspecified atom stereocenters. The minimum Gasteiger partial charge on any atom is -0.456 e. The van der Waals surface area contributed by atoms with Crippen molar-refractivity contribution in [3.8, 4) is 11.5 Å². The van der Waals surface area contributed by atoms with E-state index < -0.39 is 18.0 Å². The van der Waals surface area contributed by atoms with Crippen molar-refractivity contribution in [2.45, 2.75) is 208 Å². The van der Waals surface area contributed by atoms with Crippen LogP contribution in [0, 0.1) is 11.8 Å². The van der Waals surface area contributed by atoms with E-state index >= 15 is 0 Å². The van der Waals surface area contributed by atoms with Crippen LogP contribution in [-0.4, -0.2) is 29.5 Å². The van der Waals surface area contributed by atoms with Gasteiger partial charge >= 0.3 is 17.9 Å². The maximum Gasteiger partial charge on any atom is 0.311 e. The van der Waals surface area contributed by atoms with Gasteiger partial charge in [0.05, 0.1) is 0 Å². The molecule has 288 valence electrons. The molecule has 1 aromatic carbocycles. The molecule has 0 aliphatic heterocycles. The first-order valence-electron chi connectivity index (χ1n) is 20.3. The summed E-state index contributed by atoms with van der Waals surface area (Å²) < 4.78 is 17.7. The van der Waals surface area contributed by atoms with Crippen LogP contribution < -0.4 is 14.8 Å². The SMILES string of the molecule is CCCCCCCCCCCCCCCCCC(=O)OC(c1ccc(OC(=O)CC(C)C)c(OC(=O)CC(C)C)c1)C(CCC)NC(C)(C)C. The van der Waals surface area contributed by atoms with E-state index in [0.29, 0.717) is 12.0 Å². The van der Waals surface area contributed by atoms with Crippen molar-refractivity contribution in [3.05, 3.63) is 23.8 Å². The molecule has 2 atom stereocenters. The summed E-state index contributed by atoms with van der Waals surface area (Å²) in [7, 11) is 0. The molecule has 0 fully saturated rings. The lowest BCUT2D eigenvalue weighted by molar-refractivity contribution is -0.152. The third kappa shape index (κ3) is 22.4. The number of esters is 3. The van der Waals surface area contributed by atoms with E-state index in [1.807, 2.05) is 33.8 Å². The van der Waals surface area contributed by atoms with E-state index in [2.05, 4.69) is 39.9 Å². The Morgan fingerprint density at radius 3 is 1.52 bits per heavy atom. The molecule has 7 nitrogen and oxygen atoms in total. The van der Waals surface area contributed by atoms with Gasteiger partial charge in [0, 0.05) is 30.8 Å². The highest BCUT2D eigenvalue weighted by Gasteiger charge is 2.31. The molecule has 0 saturated heterocycles. The number of nitrogens with one attached hydrogen (secondary N) is 1. The fourth-order valence-electron chi connectivity index (χ4n) is 6.25. The van der Waals surface area contributed by atoms with Crippen LogP contribution in [0.5, 0.6) is 11.5 Å². The minimum absolute atomic E-state index is 0.107. The number of hydrogen-bond acceptors (Lipinski definition) is 7. The van der Waals surface area contributed by atoms with Crippen LogP contribution in [0.1, 0.15) is 202 Å². The van der Waals surface area contributed by atoms with Crippen LogP contribution in [0.15, 0.2) is 18.2 Å². The molecule has 0 aliphatic carbocycles. The molecule has 0 bridgehead atoms. The van der Waals surface area contributed by atoms with Gasteiger partial charge in [-0.1, -0.05) is 144 Å². The van der Waals surface area contributed by atoms with E-state index in [0.717, 1.165) is 32.1 Å². The summed E-state index contributed by atoms with van der Waals surface area (Å²) in [6, 6.07) is 5.00. The molecule has 1 aromatic rings. The van der Waals surface area contributed by atoms with Crippen LogP contribution in [0.2, 0.25) is 0 Å². The number of benzene rings is 1. The maximum absolute atomic E-state index is 13.3. The average Bonchev–Trinajstić information content (AvgIpc) is 3.01. The van der Waals surface area contributed by atoms with E-state index in [9.17, 15) is 14.4 Å². The Balaban J connectivity index is 2.89. The van der Waals surface area contributed by atoms with Gasteiger partial charge in [0.1, 0.15) is 6.10 Å². The molecule has 0 aromatic heterocycles. The van der Waals surface area contributed by atoms with Crippen molar-refractivity contribution >= 4 is 17.9 Å². The van der Waals surface area contributed by atoms with Crippen LogP contribution in [0.25, 0.3) is 0 Å². The smallest absolute Gasteiger partial charge is 0.311 e. The molecule has 0 spiro atoms. The van der Waals surface area contributed by atoms with Gasteiger partial charge in [0.25, 0.3) is 0 Å². The number of ether oxygens (including phenoxy) is 3. The zero-order valence-corrected chi connectivity index (χ0v) is 33.6. The second kappa shape index (κ2) is 26.4. The lowest BCUT2D eigenvalue weighted by atomic mass is 9.95. The Bertz CT molecular complexity index is 1080. The Labute approximate surface area is 306 Å². The van der Waals surface area contributed by atoms with Gasteiger partial charge in [-0.25, -0.2) is 0 Å². The zero-order chi connectivity index (χ0) is 37.4. The number of carbonyl (C=O) groups is 3. The first kappa shape index (κ1) is 45.6. The second-order valence-corrected chi connectivity index (χ2v) is 16.2. The summed E-state index contributed by atoms with van der Waals surface area (Å²) in [6.45, 7) is 18.5. The number of hydrogen-bond donors (Lipinski definition) is 1. The summed E-state index contributed by atoms with van der Waals surface area (Å²) in [4.78, 5) is 38.7. The standard InChI is InChI=1S/C43H75NO6/c1-10-12-13-14-15-16-17-18-19-20-21-22-23-24-25-27-39(45)50-42(36(26-11-2)44-43(7,8)9)35-28-29-37(48-40(46)30-33(3)4)38(32-35)49-41(47)31-34(5)6/h28-29,32-34,36,42,44H,10-27,30-31H2,1-9H3. The summed E-state index contributed by atoms with van der Waals surface area (Å²) >= 11 is 0. The van der Waals surface area contributed by atoms with E-state index in [4.69, 9.17) is 14.2 Å². The molecule has 1 rings (SSSR count). The van der Waals surface area contributed by atoms with Gasteiger partial charge in [-0.3, -0.25) is 14.4 Å². The molecular weight excluding hydrogens is 626 g/mol. The summed E-state index contributed by atoms with van der Waals surface area (Å²) in [5.41, 5.74) is 0.471. The fourth-order valence-corrected chi connectivity index (χ4v) is 6.25. The predicted molar refractivity (Wildman–Crippen MR) is 207 cm³/mol. The largest absolute Gasteiger partial charge is 0.456 e. The predicted octanol–water partition coefficient (Wildman–Crippen LogP) is 12.0. The van der Waals surface area contributed by atoms with Gasteiger partial charge in [-0.15, -0.1) is 0 Å². The van der Waals surface area contributed by atoms with Crippen LogP contribution >= 0.6 is 0 Å². The Morgan fingerprint density at radius 1 is 0.620 bits per heavy atom. The molecular formula is C43H75NO6. The number of unbranched alkanes of at least 4 members (excludes halogenated alkanes) is 14. The first-order chi connectivity index (χ1) is 23.7. The van der Waals surface area contributed by atoms with Gasteiger partial charge in [0.15, 0.2) is 11.5 Å². The second-order valence-electron chi connectivity index (χ2n) is 16.2. The highest BCUT2D eigenvalue weighted by Crippen LogP contribution is 2.35. The fraction of sp³-hybridized carbons (Fsp3) is 0.791. The zero-order valence-electron chi connectivity index (χ0n) is 33.6. The summed E-state index contributed by atoms with van der Waals surface area (Å²) in [5, 5.41) is 3.67. The molecule has 0 heterocycles. The van der Waals surface area contributed by atoms with E-state index in [-0.39, 0.29) is 53.7 Å². The molecule has 50 heavy (non-hydrogen) atoms. The molecule has 0 saturated carbocycles. The maximum atomic E-state index is 13.3. The van der Waals surface area contributed by atoms with Crippen molar-refractivity contribution in [2.24, 2.45) is 11.8 Å². The van der Waals surface area contributed by atoms with Crippen LogP contribution in [0.4, 0.5) is 0 Å². The van der Waals surface area contributed by atoms with Gasteiger partial charge in [-0.05, 0) is 63.1 Å². The van der Waals surface area contributed by atoms with Crippen LogP contribution in [0.3, 0.4) is 0 Å². The molecule has 1 N–H and O–H groups in total. The van der Waals surface area contributed by atoms with Gasteiger partial charge < -0.3 is 19.5 Å². The Morgan fingerprint density at radius 2 is 1.08 bits per heavy atom. The van der Waals surface area contributed by atoms with Crippen molar-refractivity contribution in [1.29, 1.82) is 0 Å². The van der Waals surface area contributed by atoms with Crippen molar-refractivity contribution < 1.29 is 28.6 Å². The monoisotopic (exact) mass is 702 g/mol. The lowest BCUT2D eigenvalue weighted by Gasteiger charge is -2.34. The Hall–Kier alpha value is -2.41. The Kier molecular flexibility index (Phi) is 24.1. The first-order valence-corrected chi connectivity index (χ1v) is 20.3. The molecule has 0 radical (unpaired) electrons. The molecule has 0 aliphatic rings. The highest BCUT2D eigenvalue weighted by molar-refractivity contribution is 5.76. The summed E-state index contributed by atoms with van der Waals surface area (Å²) in [5.74, 6) is -0.435. The van der Waals surface area contributed by atoms with E-state index in [1.54, 1.807) is 12.1 Å². The number of rotatable bonds is 28. The van der Waals surface area contributed by atoms with E-state index in [1.165, 1.54) is 77.0 Å². The van der Waals surface area contributed by atoms with Crippen LogP contribution in [-0.2, 0) is 19.1 Å². The quantitative estimate of drug-likeness (QED) is 0.0528. The third-order valence-corrected chi connectivity index (χ3v) is 8.72. The molecule has 0 amide bonds. The normalized spacial score (nSPS) is 13.0. The highest BCUT2D eigenvalue weighted by atomic mass is 16.6. The third-order valence-electron chi connectivity index (χ3n) is 8.72. The van der Waals surface area contributed by atoms with Crippen molar-refractivity contribution in [3.63, 3.8) is 0 Å². The molecule has 7 heteroatoms. The van der Waals surface area contributed by atoms with Crippen molar-refractivity contribution in [2.75, 3.05) is 0 Å².